The number of hydrogen-bond acceptors (Lipinski definition) is 4. The second-order valence-corrected chi connectivity index (χ2v) is 5.29. The van der Waals surface area contributed by atoms with Crippen LogP contribution in [0, 0.1) is 13.7 Å². The van der Waals surface area contributed by atoms with Crippen LogP contribution in [0.15, 0.2) is 18.2 Å². The van der Waals surface area contributed by atoms with Gasteiger partial charge in [0.05, 0.1) is 11.0 Å². The summed E-state index contributed by atoms with van der Waals surface area (Å²) in [4.78, 5) is 10.5. The third-order valence-electron chi connectivity index (χ3n) is 2.25. The number of nitro groups is 1. The molecule has 0 aliphatic rings. The lowest BCUT2D eigenvalue weighted by Gasteiger charge is -2.16. The zero-order valence-corrected chi connectivity index (χ0v) is 11.8. The van der Waals surface area contributed by atoms with Gasteiger partial charge in [0.1, 0.15) is 5.69 Å². The van der Waals surface area contributed by atoms with E-state index in [-0.39, 0.29) is 11.7 Å². The summed E-state index contributed by atoms with van der Waals surface area (Å²) in [5.41, 5.74) is 0.554. The zero-order valence-electron chi connectivity index (χ0n) is 9.68. The van der Waals surface area contributed by atoms with Gasteiger partial charge in [-0.3, -0.25) is 10.1 Å². The molecule has 0 amide bonds. The predicted octanol–water partition coefficient (Wildman–Crippen LogP) is 2.77. The fourth-order valence-corrected chi connectivity index (χ4v) is 2.09. The van der Waals surface area contributed by atoms with Crippen molar-refractivity contribution >= 4 is 34.0 Å². The molecule has 2 unspecified atom stereocenters. The SMILES string of the molecule is CC(O)CC(C)Nc1ccc(I)cc1[N+](=O)[O-]. The molecule has 2 atom stereocenters. The number of aliphatic hydroxyl groups is 1. The number of aliphatic hydroxyl groups excluding tert-OH is 1. The van der Waals surface area contributed by atoms with Crippen LogP contribution in [-0.2, 0) is 0 Å². The maximum atomic E-state index is 10.9. The molecule has 0 radical (unpaired) electrons. The Morgan fingerprint density at radius 3 is 2.71 bits per heavy atom. The van der Waals surface area contributed by atoms with Crippen molar-refractivity contribution in [2.24, 2.45) is 0 Å². The van der Waals surface area contributed by atoms with Crippen molar-refractivity contribution in [2.45, 2.75) is 32.4 Å². The summed E-state index contributed by atoms with van der Waals surface area (Å²) in [6.45, 7) is 3.58. The molecule has 0 saturated heterocycles. The van der Waals surface area contributed by atoms with E-state index < -0.39 is 11.0 Å². The minimum Gasteiger partial charge on any atom is -0.393 e. The van der Waals surface area contributed by atoms with E-state index >= 15 is 0 Å². The van der Waals surface area contributed by atoms with E-state index in [1.54, 1.807) is 13.0 Å². The monoisotopic (exact) mass is 350 g/mol. The van der Waals surface area contributed by atoms with E-state index in [1.165, 1.54) is 6.07 Å². The van der Waals surface area contributed by atoms with Gasteiger partial charge in [-0.1, -0.05) is 0 Å². The van der Waals surface area contributed by atoms with Crippen molar-refractivity contribution < 1.29 is 10.0 Å². The Morgan fingerprint density at radius 2 is 2.18 bits per heavy atom. The van der Waals surface area contributed by atoms with Gasteiger partial charge in [0.25, 0.3) is 5.69 Å². The average molecular weight is 350 g/mol. The maximum absolute atomic E-state index is 10.9. The molecule has 0 aliphatic heterocycles. The van der Waals surface area contributed by atoms with Gasteiger partial charge in [-0.15, -0.1) is 0 Å². The summed E-state index contributed by atoms with van der Waals surface area (Å²) in [5.74, 6) is 0. The summed E-state index contributed by atoms with van der Waals surface area (Å²) in [6, 6.07) is 5.01. The first-order valence-corrected chi connectivity index (χ1v) is 6.36. The summed E-state index contributed by atoms with van der Waals surface area (Å²) < 4.78 is 0.822. The van der Waals surface area contributed by atoms with E-state index in [1.807, 2.05) is 35.6 Å². The molecule has 0 aliphatic carbocycles. The van der Waals surface area contributed by atoms with Crippen molar-refractivity contribution in [1.82, 2.24) is 0 Å². The largest absolute Gasteiger partial charge is 0.393 e. The summed E-state index contributed by atoms with van der Waals surface area (Å²) in [7, 11) is 0. The molecule has 94 valence electrons. The van der Waals surface area contributed by atoms with Gasteiger partial charge in [-0.05, 0) is 55.0 Å². The predicted molar refractivity (Wildman–Crippen MR) is 75.2 cm³/mol. The molecule has 1 aromatic carbocycles. The number of anilines is 1. The molecule has 1 rings (SSSR count). The van der Waals surface area contributed by atoms with E-state index in [4.69, 9.17) is 0 Å². The van der Waals surface area contributed by atoms with Crippen LogP contribution < -0.4 is 5.32 Å². The van der Waals surface area contributed by atoms with Crippen LogP contribution in [0.2, 0.25) is 0 Å². The molecule has 2 N–H and O–H groups in total. The van der Waals surface area contributed by atoms with Crippen LogP contribution in [0.1, 0.15) is 20.3 Å². The number of benzene rings is 1. The maximum Gasteiger partial charge on any atom is 0.293 e. The molecule has 0 bridgehead atoms. The Bertz CT molecular complexity index is 410. The third-order valence-corrected chi connectivity index (χ3v) is 2.92. The molecular formula is C11H15IN2O3. The smallest absolute Gasteiger partial charge is 0.293 e. The number of nitrogens with zero attached hydrogens (tertiary/aromatic N) is 1. The molecule has 17 heavy (non-hydrogen) atoms. The van der Waals surface area contributed by atoms with Crippen LogP contribution in [0.4, 0.5) is 11.4 Å². The first-order chi connectivity index (χ1) is 7.90. The second kappa shape index (κ2) is 6.15. The van der Waals surface area contributed by atoms with Gasteiger partial charge in [0.15, 0.2) is 0 Å². The third kappa shape index (κ3) is 4.47. The molecule has 0 saturated carbocycles. The van der Waals surface area contributed by atoms with Gasteiger partial charge in [0.2, 0.25) is 0 Å². The number of halogens is 1. The molecule has 5 nitrogen and oxygen atoms in total. The molecule has 1 aromatic rings. The quantitative estimate of drug-likeness (QED) is 0.487. The average Bonchev–Trinajstić information content (AvgIpc) is 2.19. The van der Waals surface area contributed by atoms with Crippen LogP contribution in [0.25, 0.3) is 0 Å². The first kappa shape index (κ1) is 14.2. The highest BCUT2D eigenvalue weighted by atomic mass is 127. The highest BCUT2D eigenvalue weighted by Crippen LogP contribution is 2.27. The lowest BCUT2D eigenvalue weighted by Crippen LogP contribution is -2.21. The Labute approximate surface area is 114 Å². The van der Waals surface area contributed by atoms with Gasteiger partial charge < -0.3 is 10.4 Å². The fourth-order valence-electron chi connectivity index (χ4n) is 1.61. The van der Waals surface area contributed by atoms with Gasteiger partial charge >= 0.3 is 0 Å². The van der Waals surface area contributed by atoms with Crippen molar-refractivity contribution in [3.8, 4) is 0 Å². The van der Waals surface area contributed by atoms with Gasteiger partial charge in [0, 0.05) is 15.7 Å². The minimum atomic E-state index is -0.430. The van der Waals surface area contributed by atoms with Crippen molar-refractivity contribution in [1.29, 1.82) is 0 Å². The van der Waals surface area contributed by atoms with Gasteiger partial charge in [-0.25, -0.2) is 0 Å². The Morgan fingerprint density at radius 1 is 1.53 bits per heavy atom. The standard InChI is InChI=1S/C11H15IN2O3/c1-7(5-8(2)15)13-10-4-3-9(12)6-11(10)14(16)17/h3-4,6-8,13,15H,5H2,1-2H3. The fraction of sp³-hybridized carbons (Fsp3) is 0.455. The number of hydrogen-bond donors (Lipinski definition) is 2. The van der Waals surface area contributed by atoms with Crippen LogP contribution >= 0.6 is 22.6 Å². The molecular weight excluding hydrogens is 335 g/mol. The second-order valence-electron chi connectivity index (χ2n) is 4.05. The highest BCUT2D eigenvalue weighted by molar-refractivity contribution is 14.1. The molecule has 0 heterocycles. The molecule has 0 aromatic heterocycles. The van der Waals surface area contributed by atoms with E-state index in [0.29, 0.717) is 12.1 Å². The van der Waals surface area contributed by atoms with Crippen molar-refractivity contribution in [3.63, 3.8) is 0 Å². The van der Waals surface area contributed by atoms with Crippen LogP contribution in [0.3, 0.4) is 0 Å². The summed E-state index contributed by atoms with van der Waals surface area (Å²) >= 11 is 2.04. The minimum absolute atomic E-state index is 0.0197. The van der Waals surface area contributed by atoms with Crippen molar-refractivity contribution in [3.05, 3.63) is 31.9 Å². The zero-order chi connectivity index (χ0) is 13.0. The van der Waals surface area contributed by atoms with Crippen LogP contribution in [-0.4, -0.2) is 22.2 Å². The van der Waals surface area contributed by atoms with E-state index in [2.05, 4.69) is 5.32 Å². The molecule has 0 spiro atoms. The number of rotatable bonds is 5. The highest BCUT2D eigenvalue weighted by Gasteiger charge is 2.16. The van der Waals surface area contributed by atoms with Crippen molar-refractivity contribution in [2.75, 3.05) is 5.32 Å². The van der Waals surface area contributed by atoms with E-state index in [0.717, 1.165) is 3.57 Å². The van der Waals surface area contributed by atoms with Gasteiger partial charge in [-0.2, -0.15) is 0 Å². The Balaban J connectivity index is 2.86. The van der Waals surface area contributed by atoms with E-state index in [9.17, 15) is 15.2 Å². The lowest BCUT2D eigenvalue weighted by molar-refractivity contribution is -0.384. The molecule has 0 fully saturated rings. The number of nitrogens with one attached hydrogen (secondary N) is 1. The number of nitro benzene ring substituents is 1. The normalized spacial score (nSPS) is 14.1. The topological polar surface area (TPSA) is 75.4 Å². The summed E-state index contributed by atoms with van der Waals surface area (Å²) in [6.07, 6.45) is 0.115. The summed E-state index contributed by atoms with van der Waals surface area (Å²) in [5, 5.41) is 23.2. The lowest BCUT2D eigenvalue weighted by atomic mass is 10.1. The first-order valence-electron chi connectivity index (χ1n) is 5.28. The Kier molecular flexibility index (Phi) is 5.13. The molecule has 6 heteroatoms. The van der Waals surface area contributed by atoms with Crippen LogP contribution in [0.5, 0.6) is 0 Å². The Hall–Kier alpha value is -0.890.